The summed E-state index contributed by atoms with van der Waals surface area (Å²) in [5, 5.41) is 6.09. The zero-order valence-corrected chi connectivity index (χ0v) is 15.7. The minimum atomic E-state index is -3.30. The predicted molar refractivity (Wildman–Crippen MR) is 90.3 cm³/mol. The van der Waals surface area contributed by atoms with Gasteiger partial charge in [-0.05, 0) is 27.2 Å². The molecule has 0 aromatic carbocycles. The zero-order chi connectivity index (χ0) is 17.6. The van der Waals surface area contributed by atoms with Crippen LogP contribution in [0.2, 0.25) is 0 Å². The molecule has 1 unspecified atom stereocenters. The standard InChI is InChI=1S/C12H28N4O4S2/c1-10(7-8-21(5,17)18)15-11(13-4)14-9-12(2,3)16-22(6,19)20/h10,16H,7-9H2,1-6H3,(H2,13,14,15). The molecular formula is C12H28N4O4S2. The van der Waals surface area contributed by atoms with Crippen molar-refractivity contribution in [3.8, 4) is 0 Å². The third-order valence-corrected chi connectivity index (χ3v) is 4.59. The Balaban J connectivity index is 4.45. The fourth-order valence-corrected chi connectivity index (χ4v) is 3.59. The molecule has 0 aromatic rings. The Kier molecular flexibility index (Phi) is 7.79. The summed E-state index contributed by atoms with van der Waals surface area (Å²) in [5.74, 6) is 0.587. The number of sulfone groups is 1. The van der Waals surface area contributed by atoms with Crippen molar-refractivity contribution in [2.45, 2.75) is 38.8 Å². The number of nitrogens with zero attached hydrogens (tertiary/aromatic N) is 1. The summed E-state index contributed by atoms with van der Waals surface area (Å²) in [5.41, 5.74) is -0.679. The maximum absolute atomic E-state index is 11.3. The number of nitrogens with one attached hydrogen (secondary N) is 3. The maximum Gasteiger partial charge on any atom is 0.209 e. The minimum absolute atomic E-state index is 0.0769. The van der Waals surface area contributed by atoms with Crippen LogP contribution < -0.4 is 15.4 Å². The van der Waals surface area contributed by atoms with Gasteiger partial charge in [0.1, 0.15) is 9.84 Å². The van der Waals surface area contributed by atoms with Crippen LogP contribution in [0, 0.1) is 0 Å². The van der Waals surface area contributed by atoms with Crippen LogP contribution in [0.5, 0.6) is 0 Å². The summed E-state index contributed by atoms with van der Waals surface area (Å²) in [6.45, 7) is 5.69. The Bertz CT molecular complexity index is 582. The quantitative estimate of drug-likeness (QED) is 0.391. The lowest BCUT2D eigenvalue weighted by Crippen LogP contribution is -2.53. The van der Waals surface area contributed by atoms with Gasteiger partial charge in [-0.1, -0.05) is 0 Å². The molecule has 0 aromatic heterocycles. The molecule has 0 aliphatic rings. The Labute approximate surface area is 134 Å². The number of guanidine groups is 1. The molecule has 3 N–H and O–H groups in total. The van der Waals surface area contributed by atoms with E-state index in [-0.39, 0.29) is 11.8 Å². The number of rotatable bonds is 8. The van der Waals surface area contributed by atoms with E-state index in [9.17, 15) is 16.8 Å². The van der Waals surface area contributed by atoms with Crippen LogP contribution in [0.15, 0.2) is 4.99 Å². The summed E-state index contributed by atoms with van der Waals surface area (Å²) < 4.78 is 47.4. The highest BCUT2D eigenvalue weighted by Gasteiger charge is 2.22. The molecule has 0 heterocycles. The monoisotopic (exact) mass is 356 g/mol. The van der Waals surface area contributed by atoms with Crippen molar-refractivity contribution in [1.82, 2.24) is 15.4 Å². The van der Waals surface area contributed by atoms with Gasteiger partial charge in [0, 0.05) is 31.4 Å². The fraction of sp³-hybridized carbons (Fsp3) is 0.917. The van der Waals surface area contributed by atoms with Gasteiger partial charge in [0.15, 0.2) is 5.96 Å². The summed E-state index contributed by atoms with van der Waals surface area (Å²) >= 11 is 0. The lowest BCUT2D eigenvalue weighted by Gasteiger charge is -2.27. The first kappa shape index (κ1) is 21.1. The van der Waals surface area contributed by atoms with Crippen LogP contribution in [-0.4, -0.2) is 66.2 Å². The summed E-state index contributed by atoms with van der Waals surface area (Å²) in [7, 11) is -4.70. The highest BCUT2D eigenvalue weighted by molar-refractivity contribution is 7.90. The van der Waals surface area contributed by atoms with Crippen molar-refractivity contribution in [2.75, 3.05) is 31.9 Å². The highest BCUT2D eigenvalue weighted by Crippen LogP contribution is 2.02. The van der Waals surface area contributed by atoms with Crippen molar-refractivity contribution in [1.29, 1.82) is 0 Å². The van der Waals surface area contributed by atoms with E-state index in [0.717, 1.165) is 6.26 Å². The van der Waals surface area contributed by atoms with Crippen LogP contribution in [0.4, 0.5) is 0 Å². The predicted octanol–water partition coefficient (Wildman–Crippen LogP) is -0.698. The number of hydrogen-bond donors (Lipinski definition) is 3. The largest absolute Gasteiger partial charge is 0.355 e. The van der Waals surface area contributed by atoms with E-state index in [1.807, 2.05) is 6.92 Å². The van der Waals surface area contributed by atoms with E-state index < -0.39 is 25.4 Å². The summed E-state index contributed by atoms with van der Waals surface area (Å²) in [6, 6.07) is -0.0769. The fourth-order valence-electron chi connectivity index (χ4n) is 1.73. The van der Waals surface area contributed by atoms with E-state index in [1.54, 1.807) is 20.9 Å². The smallest absolute Gasteiger partial charge is 0.209 e. The van der Waals surface area contributed by atoms with Crippen LogP contribution in [0.25, 0.3) is 0 Å². The Hall–Kier alpha value is -0.870. The molecule has 0 aliphatic heterocycles. The number of hydrogen-bond acceptors (Lipinski definition) is 5. The van der Waals surface area contributed by atoms with Gasteiger partial charge in [0.2, 0.25) is 10.0 Å². The normalized spacial score (nSPS) is 15.5. The first-order valence-electron chi connectivity index (χ1n) is 6.88. The second-order valence-corrected chi connectivity index (χ2v) is 10.2. The topological polar surface area (TPSA) is 117 Å². The maximum atomic E-state index is 11.3. The molecule has 0 rings (SSSR count). The summed E-state index contributed by atoms with van der Waals surface area (Å²) in [4.78, 5) is 4.04. The van der Waals surface area contributed by atoms with E-state index in [1.165, 1.54) is 6.26 Å². The highest BCUT2D eigenvalue weighted by atomic mass is 32.2. The van der Waals surface area contributed by atoms with Crippen molar-refractivity contribution in [3.05, 3.63) is 0 Å². The molecule has 0 aliphatic carbocycles. The SMILES string of the molecule is CN=C(NCC(C)(C)NS(C)(=O)=O)NC(C)CCS(C)(=O)=O. The molecule has 0 saturated heterocycles. The van der Waals surface area contributed by atoms with Crippen LogP contribution in [0.3, 0.4) is 0 Å². The van der Waals surface area contributed by atoms with Crippen molar-refractivity contribution in [3.63, 3.8) is 0 Å². The molecule has 0 amide bonds. The molecule has 0 bridgehead atoms. The molecule has 1 atom stereocenters. The minimum Gasteiger partial charge on any atom is -0.355 e. The lowest BCUT2D eigenvalue weighted by atomic mass is 10.1. The molecule has 22 heavy (non-hydrogen) atoms. The second kappa shape index (κ2) is 8.11. The molecule has 0 radical (unpaired) electrons. The van der Waals surface area contributed by atoms with Crippen molar-refractivity contribution >= 4 is 25.8 Å². The lowest BCUT2D eigenvalue weighted by molar-refractivity contribution is 0.445. The molecule has 0 fully saturated rings. The van der Waals surface area contributed by atoms with E-state index in [4.69, 9.17) is 0 Å². The van der Waals surface area contributed by atoms with E-state index >= 15 is 0 Å². The molecule has 8 nitrogen and oxygen atoms in total. The Morgan fingerprint density at radius 1 is 1.18 bits per heavy atom. The van der Waals surface area contributed by atoms with Gasteiger partial charge in [-0.3, -0.25) is 4.99 Å². The van der Waals surface area contributed by atoms with Crippen molar-refractivity contribution in [2.24, 2.45) is 4.99 Å². The van der Waals surface area contributed by atoms with Gasteiger partial charge in [-0.15, -0.1) is 0 Å². The van der Waals surface area contributed by atoms with Gasteiger partial charge in [-0.25, -0.2) is 21.6 Å². The number of sulfonamides is 1. The molecule has 132 valence electrons. The van der Waals surface area contributed by atoms with E-state index in [0.29, 0.717) is 18.9 Å². The van der Waals surface area contributed by atoms with Crippen LogP contribution >= 0.6 is 0 Å². The second-order valence-electron chi connectivity index (χ2n) is 6.15. The molecular weight excluding hydrogens is 328 g/mol. The first-order valence-corrected chi connectivity index (χ1v) is 10.8. The summed E-state index contributed by atoms with van der Waals surface area (Å²) in [6.07, 6.45) is 2.77. The van der Waals surface area contributed by atoms with Gasteiger partial charge in [0.25, 0.3) is 0 Å². The molecule has 10 heteroatoms. The van der Waals surface area contributed by atoms with Gasteiger partial charge < -0.3 is 10.6 Å². The van der Waals surface area contributed by atoms with Crippen LogP contribution in [0.1, 0.15) is 27.2 Å². The van der Waals surface area contributed by atoms with Crippen molar-refractivity contribution < 1.29 is 16.8 Å². The third-order valence-electron chi connectivity index (χ3n) is 2.69. The first-order chi connectivity index (χ1) is 9.74. The third kappa shape index (κ3) is 11.8. The zero-order valence-electron chi connectivity index (χ0n) is 14.1. The van der Waals surface area contributed by atoms with Gasteiger partial charge in [0.05, 0.1) is 12.0 Å². The molecule has 0 saturated carbocycles. The molecule has 0 spiro atoms. The van der Waals surface area contributed by atoms with Crippen LogP contribution in [-0.2, 0) is 19.9 Å². The number of aliphatic imine (C=N–C) groups is 1. The Morgan fingerprint density at radius 2 is 1.73 bits per heavy atom. The van der Waals surface area contributed by atoms with Gasteiger partial charge in [-0.2, -0.15) is 0 Å². The average Bonchev–Trinajstić information content (AvgIpc) is 2.28. The average molecular weight is 357 g/mol. The van der Waals surface area contributed by atoms with Gasteiger partial charge >= 0.3 is 0 Å². The van der Waals surface area contributed by atoms with E-state index in [2.05, 4.69) is 20.3 Å². The Morgan fingerprint density at radius 3 is 2.14 bits per heavy atom.